The van der Waals surface area contributed by atoms with Gasteiger partial charge in [-0.2, -0.15) is 0 Å². The van der Waals surface area contributed by atoms with Gasteiger partial charge in [0.05, 0.1) is 12.4 Å². The van der Waals surface area contributed by atoms with Crippen molar-refractivity contribution >= 4 is 17.6 Å². The molecular weight excluding hydrogens is 194 g/mol. The van der Waals surface area contributed by atoms with Crippen molar-refractivity contribution in [1.82, 2.24) is 10.2 Å². The number of amides is 2. The van der Waals surface area contributed by atoms with Gasteiger partial charge in [0.1, 0.15) is 0 Å². The van der Waals surface area contributed by atoms with Crippen LogP contribution in [0.25, 0.3) is 0 Å². The maximum Gasteiger partial charge on any atom is 0.229 e. The van der Waals surface area contributed by atoms with Crippen LogP contribution in [0.1, 0.15) is 25.7 Å². The number of hydrogen-bond acceptors (Lipinski definition) is 4. The van der Waals surface area contributed by atoms with Crippen LogP contribution in [0.4, 0.5) is 0 Å². The van der Waals surface area contributed by atoms with E-state index >= 15 is 0 Å². The van der Waals surface area contributed by atoms with Gasteiger partial charge >= 0.3 is 0 Å². The summed E-state index contributed by atoms with van der Waals surface area (Å²) < 4.78 is 0. The Morgan fingerprint density at radius 1 is 1.27 bits per heavy atom. The van der Waals surface area contributed by atoms with Crippen molar-refractivity contribution < 1.29 is 9.59 Å². The molecule has 82 valence electrons. The van der Waals surface area contributed by atoms with Gasteiger partial charge in [-0.1, -0.05) is 0 Å². The lowest BCUT2D eigenvalue weighted by molar-refractivity contribution is -0.147. The summed E-state index contributed by atoms with van der Waals surface area (Å²) in [5.41, 5.74) is 0. The summed E-state index contributed by atoms with van der Waals surface area (Å²) in [6, 6.07) is 0. The highest BCUT2D eigenvalue weighted by molar-refractivity contribution is 5.98. The number of nitrogens with zero attached hydrogens (tertiary/aromatic N) is 2. The van der Waals surface area contributed by atoms with E-state index in [9.17, 15) is 9.59 Å². The van der Waals surface area contributed by atoms with Gasteiger partial charge in [0.25, 0.3) is 0 Å². The average Bonchev–Trinajstić information content (AvgIpc) is 2.70. The minimum atomic E-state index is -0.0372. The Morgan fingerprint density at radius 2 is 2.00 bits per heavy atom. The quantitative estimate of drug-likeness (QED) is 0.661. The third kappa shape index (κ3) is 2.34. The number of carbonyl (C=O) groups excluding carboxylic acids is 2. The van der Waals surface area contributed by atoms with E-state index in [1.165, 1.54) is 4.90 Å². The van der Waals surface area contributed by atoms with E-state index in [4.69, 9.17) is 0 Å². The largest absolute Gasteiger partial charge is 0.372 e. The van der Waals surface area contributed by atoms with E-state index in [-0.39, 0.29) is 11.8 Å². The molecule has 2 amide bonds. The second-order valence-electron chi connectivity index (χ2n) is 3.80. The molecule has 0 aliphatic carbocycles. The standard InChI is InChI=1S/C10H15N3O2/c14-9-2-1-3-10(15)13(9)7-4-8-11-5-6-12-8/h1-7H2,(H,11,12). The molecule has 5 nitrogen and oxygen atoms in total. The van der Waals surface area contributed by atoms with Gasteiger partial charge in [-0.05, 0) is 6.42 Å². The van der Waals surface area contributed by atoms with Crippen LogP contribution < -0.4 is 5.32 Å². The number of likely N-dealkylation sites (tertiary alicyclic amines) is 1. The normalized spacial score (nSPS) is 21.6. The van der Waals surface area contributed by atoms with Gasteiger partial charge in [0, 0.05) is 32.4 Å². The van der Waals surface area contributed by atoms with Crippen molar-refractivity contribution in [3.05, 3.63) is 0 Å². The molecule has 0 radical (unpaired) electrons. The van der Waals surface area contributed by atoms with E-state index in [1.54, 1.807) is 0 Å². The fourth-order valence-electron chi connectivity index (χ4n) is 1.88. The van der Waals surface area contributed by atoms with Gasteiger partial charge in [0.15, 0.2) is 0 Å². The smallest absolute Gasteiger partial charge is 0.229 e. The van der Waals surface area contributed by atoms with Gasteiger partial charge in [0.2, 0.25) is 11.8 Å². The van der Waals surface area contributed by atoms with E-state index in [0.717, 1.165) is 18.9 Å². The highest BCUT2D eigenvalue weighted by Crippen LogP contribution is 2.12. The molecule has 0 aromatic rings. The molecule has 2 aliphatic heterocycles. The lowest BCUT2D eigenvalue weighted by Crippen LogP contribution is -2.41. The molecule has 5 heteroatoms. The monoisotopic (exact) mass is 209 g/mol. The van der Waals surface area contributed by atoms with Crippen LogP contribution in [0.2, 0.25) is 0 Å². The van der Waals surface area contributed by atoms with Crippen LogP contribution >= 0.6 is 0 Å². The zero-order valence-electron chi connectivity index (χ0n) is 8.66. The van der Waals surface area contributed by atoms with Crippen LogP contribution in [0, 0.1) is 0 Å². The van der Waals surface area contributed by atoms with Crippen LogP contribution in [0.15, 0.2) is 4.99 Å². The highest BCUT2D eigenvalue weighted by atomic mass is 16.2. The molecule has 1 saturated heterocycles. The second kappa shape index (κ2) is 4.42. The van der Waals surface area contributed by atoms with Gasteiger partial charge < -0.3 is 5.32 Å². The first-order chi connectivity index (χ1) is 7.27. The van der Waals surface area contributed by atoms with Crippen LogP contribution in [-0.2, 0) is 9.59 Å². The minimum Gasteiger partial charge on any atom is -0.372 e. The van der Waals surface area contributed by atoms with E-state index < -0.39 is 0 Å². The first-order valence-electron chi connectivity index (χ1n) is 5.38. The first-order valence-corrected chi connectivity index (χ1v) is 5.38. The fraction of sp³-hybridized carbons (Fsp3) is 0.700. The summed E-state index contributed by atoms with van der Waals surface area (Å²) in [5.74, 6) is 0.843. The topological polar surface area (TPSA) is 61.8 Å². The van der Waals surface area contributed by atoms with E-state index in [1.807, 2.05) is 0 Å². The van der Waals surface area contributed by atoms with Gasteiger partial charge in [-0.3, -0.25) is 19.5 Å². The molecule has 2 aliphatic rings. The highest BCUT2D eigenvalue weighted by Gasteiger charge is 2.25. The maximum absolute atomic E-state index is 11.5. The van der Waals surface area contributed by atoms with Crippen molar-refractivity contribution in [1.29, 1.82) is 0 Å². The molecule has 2 heterocycles. The summed E-state index contributed by atoms with van der Waals surface area (Å²) in [5, 5.41) is 3.13. The lowest BCUT2D eigenvalue weighted by atomic mass is 10.1. The zero-order chi connectivity index (χ0) is 10.7. The van der Waals surface area contributed by atoms with Gasteiger partial charge in [-0.15, -0.1) is 0 Å². The van der Waals surface area contributed by atoms with Gasteiger partial charge in [-0.25, -0.2) is 0 Å². The van der Waals surface area contributed by atoms with Crippen LogP contribution in [0.5, 0.6) is 0 Å². The van der Waals surface area contributed by atoms with Crippen molar-refractivity contribution in [3.63, 3.8) is 0 Å². The number of piperidine rings is 1. The number of aliphatic imine (C=N–C) groups is 1. The molecule has 0 bridgehead atoms. The van der Waals surface area contributed by atoms with E-state index in [2.05, 4.69) is 10.3 Å². The molecule has 0 aromatic carbocycles. The second-order valence-corrected chi connectivity index (χ2v) is 3.80. The summed E-state index contributed by atoms with van der Waals surface area (Å²) >= 11 is 0. The van der Waals surface area contributed by atoms with Crippen LogP contribution in [-0.4, -0.2) is 42.2 Å². The van der Waals surface area contributed by atoms with Crippen molar-refractivity contribution in [2.75, 3.05) is 19.6 Å². The van der Waals surface area contributed by atoms with Crippen molar-refractivity contribution in [2.45, 2.75) is 25.7 Å². The molecule has 2 rings (SSSR count). The fourth-order valence-corrected chi connectivity index (χ4v) is 1.88. The number of carbonyl (C=O) groups is 2. The Kier molecular flexibility index (Phi) is 2.99. The number of rotatable bonds is 3. The summed E-state index contributed by atoms with van der Waals surface area (Å²) in [4.78, 5) is 28.5. The minimum absolute atomic E-state index is 0.0372. The average molecular weight is 209 g/mol. The third-order valence-electron chi connectivity index (χ3n) is 2.70. The molecule has 1 fully saturated rings. The number of nitrogens with one attached hydrogen (secondary N) is 1. The Hall–Kier alpha value is -1.39. The van der Waals surface area contributed by atoms with E-state index in [0.29, 0.717) is 32.2 Å². The summed E-state index contributed by atoms with van der Waals surface area (Å²) in [6.07, 6.45) is 2.38. The summed E-state index contributed by atoms with van der Waals surface area (Å²) in [7, 11) is 0. The molecule has 0 saturated carbocycles. The third-order valence-corrected chi connectivity index (χ3v) is 2.70. The number of hydrogen-bond donors (Lipinski definition) is 1. The molecule has 0 unspecified atom stereocenters. The SMILES string of the molecule is O=C1CCCC(=O)N1CCC1=NCCN1. The Labute approximate surface area is 88.5 Å². The lowest BCUT2D eigenvalue weighted by Gasteiger charge is -2.24. The summed E-state index contributed by atoms with van der Waals surface area (Å²) in [6.45, 7) is 2.15. The molecule has 0 aromatic heterocycles. The zero-order valence-corrected chi connectivity index (χ0v) is 8.66. The predicted molar refractivity (Wildman–Crippen MR) is 55.5 cm³/mol. The molecule has 15 heavy (non-hydrogen) atoms. The Bertz CT molecular complexity index is 296. The number of imide groups is 1. The maximum atomic E-state index is 11.5. The molecule has 1 N–H and O–H groups in total. The van der Waals surface area contributed by atoms with Crippen LogP contribution in [0.3, 0.4) is 0 Å². The van der Waals surface area contributed by atoms with Crippen molar-refractivity contribution in [2.24, 2.45) is 4.99 Å². The molecule has 0 atom stereocenters. The predicted octanol–water partition coefficient (Wildman–Crippen LogP) is -0.0827. The van der Waals surface area contributed by atoms with Crippen molar-refractivity contribution in [3.8, 4) is 0 Å². The molecular formula is C10H15N3O2. The Balaban J connectivity index is 1.86. The first kappa shape index (κ1) is 10.1. The number of amidine groups is 1. The molecule has 0 spiro atoms. The Morgan fingerprint density at radius 3 is 2.60 bits per heavy atom.